The second-order valence-electron chi connectivity index (χ2n) is 7.40. The number of carbonyl (C=O) groups is 4. The van der Waals surface area contributed by atoms with E-state index in [4.69, 9.17) is 0 Å². The Morgan fingerprint density at radius 3 is 2.40 bits per heavy atom. The number of fused-ring (bicyclic) bond motifs is 1. The van der Waals surface area contributed by atoms with E-state index >= 15 is 0 Å². The SMILES string of the molecule is O=C1CCC(N2C(=O)c3cccc(S(=O)(=O)CCCCCCCBr)c3C2=O)C(=O)N1. The summed E-state index contributed by atoms with van der Waals surface area (Å²) in [5.74, 6) is -2.82. The number of carbonyl (C=O) groups excluding carboxylic acids is 4. The van der Waals surface area contributed by atoms with Crippen LogP contribution in [-0.4, -0.2) is 54.1 Å². The quantitative estimate of drug-likeness (QED) is 0.316. The van der Waals surface area contributed by atoms with Crippen molar-refractivity contribution in [3.63, 3.8) is 0 Å². The molecular weight excluding hydrogens is 476 g/mol. The number of alkyl halides is 1. The van der Waals surface area contributed by atoms with Gasteiger partial charge in [0.1, 0.15) is 6.04 Å². The predicted molar refractivity (Wildman–Crippen MR) is 112 cm³/mol. The number of imide groups is 2. The molecule has 8 nitrogen and oxygen atoms in total. The first-order valence-electron chi connectivity index (χ1n) is 9.91. The highest BCUT2D eigenvalue weighted by Gasteiger charge is 2.46. The van der Waals surface area contributed by atoms with Crippen LogP contribution in [0, 0.1) is 0 Å². The third-order valence-electron chi connectivity index (χ3n) is 5.31. The number of halogens is 1. The number of sulfone groups is 1. The molecule has 1 aromatic carbocycles. The van der Waals surface area contributed by atoms with E-state index in [1.807, 2.05) is 0 Å². The molecule has 30 heavy (non-hydrogen) atoms. The second-order valence-corrected chi connectivity index (χ2v) is 10.3. The van der Waals surface area contributed by atoms with Crippen molar-refractivity contribution in [3.8, 4) is 0 Å². The van der Waals surface area contributed by atoms with Gasteiger partial charge >= 0.3 is 0 Å². The smallest absolute Gasteiger partial charge is 0.263 e. The van der Waals surface area contributed by atoms with Gasteiger partial charge in [-0.2, -0.15) is 0 Å². The standard InChI is InChI=1S/C20H23BrN2O6S/c21-11-4-2-1-3-5-12-30(28,29)15-8-6-7-13-17(15)20(27)23(19(13)26)14-9-10-16(24)22-18(14)25/h6-8,14H,1-5,9-12H2,(H,22,24,25). The fourth-order valence-corrected chi connectivity index (χ4v) is 5.76. The van der Waals surface area contributed by atoms with Crippen LogP contribution < -0.4 is 5.32 Å². The molecule has 162 valence electrons. The van der Waals surface area contributed by atoms with Crippen LogP contribution >= 0.6 is 15.9 Å². The van der Waals surface area contributed by atoms with Crippen molar-refractivity contribution in [1.29, 1.82) is 0 Å². The first-order valence-corrected chi connectivity index (χ1v) is 12.7. The third kappa shape index (κ3) is 4.49. The summed E-state index contributed by atoms with van der Waals surface area (Å²) in [6.07, 6.45) is 4.22. The lowest BCUT2D eigenvalue weighted by Gasteiger charge is -2.27. The summed E-state index contributed by atoms with van der Waals surface area (Å²) in [6, 6.07) is 3.03. The zero-order valence-corrected chi connectivity index (χ0v) is 18.8. The molecular formula is C20H23BrN2O6S. The van der Waals surface area contributed by atoms with Crippen LogP contribution in [0.4, 0.5) is 0 Å². The number of piperidine rings is 1. The van der Waals surface area contributed by atoms with Crippen LogP contribution in [0.25, 0.3) is 0 Å². The number of nitrogens with zero attached hydrogens (tertiary/aromatic N) is 1. The molecule has 2 aliphatic rings. The van der Waals surface area contributed by atoms with Crippen LogP contribution in [0.2, 0.25) is 0 Å². The van der Waals surface area contributed by atoms with Gasteiger partial charge in [0.05, 0.1) is 21.8 Å². The van der Waals surface area contributed by atoms with Gasteiger partial charge in [-0.05, 0) is 31.4 Å². The topological polar surface area (TPSA) is 118 Å². The predicted octanol–water partition coefficient (Wildman–Crippen LogP) is 2.21. The zero-order chi connectivity index (χ0) is 21.9. The zero-order valence-electron chi connectivity index (χ0n) is 16.4. The van der Waals surface area contributed by atoms with Gasteiger partial charge in [-0.3, -0.25) is 29.4 Å². The Morgan fingerprint density at radius 1 is 1.00 bits per heavy atom. The minimum Gasteiger partial charge on any atom is -0.295 e. The summed E-state index contributed by atoms with van der Waals surface area (Å²) < 4.78 is 25.8. The van der Waals surface area contributed by atoms with Gasteiger partial charge in [0, 0.05) is 11.8 Å². The van der Waals surface area contributed by atoms with Crippen molar-refractivity contribution in [2.45, 2.75) is 55.9 Å². The van der Waals surface area contributed by atoms with E-state index in [-0.39, 0.29) is 34.6 Å². The van der Waals surface area contributed by atoms with E-state index in [9.17, 15) is 27.6 Å². The molecule has 10 heteroatoms. The molecule has 1 unspecified atom stereocenters. The molecule has 2 aliphatic heterocycles. The summed E-state index contributed by atoms with van der Waals surface area (Å²) in [4.78, 5) is 50.0. The lowest BCUT2D eigenvalue weighted by atomic mass is 10.0. The van der Waals surface area contributed by atoms with Crippen molar-refractivity contribution in [2.75, 3.05) is 11.1 Å². The van der Waals surface area contributed by atoms with E-state index in [0.29, 0.717) is 6.42 Å². The van der Waals surface area contributed by atoms with Crippen LogP contribution in [-0.2, 0) is 19.4 Å². The molecule has 0 spiro atoms. The van der Waals surface area contributed by atoms with E-state index in [0.717, 1.165) is 35.9 Å². The van der Waals surface area contributed by atoms with Gasteiger partial charge in [0.2, 0.25) is 11.8 Å². The van der Waals surface area contributed by atoms with Crippen LogP contribution in [0.3, 0.4) is 0 Å². The number of hydrogen-bond donors (Lipinski definition) is 1. The van der Waals surface area contributed by atoms with Gasteiger partial charge in [-0.1, -0.05) is 41.3 Å². The third-order valence-corrected chi connectivity index (χ3v) is 7.71. The largest absolute Gasteiger partial charge is 0.295 e. The van der Waals surface area contributed by atoms with Gasteiger partial charge < -0.3 is 0 Å². The normalized spacial score (nSPS) is 19.2. The number of amides is 4. The van der Waals surface area contributed by atoms with Gasteiger partial charge in [-0.15, -0.1) is 0 Å². The molecule has 0 radical (unpaired) electrons. The number of rotatable bonds is 9. The molecule has 1 N–H and O–H groups in total. The Bertz CT molecular complexity index is 991. The highest BCUT2D eigenvalue weighted by molar-refractivity contribution is 9.09. The molecule has 0 aliphatic carbocycles. The highest BCUT2D eigenvalue weighted by Crippen LogP contribution is 2.32. The number of unbranched alkanes of at least 4 members (excludes halogenated alkanes) is 4. The van der Waals surface area contributed by atoms with E-state index < -0.39 is 39.5 Å². The Hall–Kier alpha value is -2.07. The van der Waals surface area contributed by atoms with Crippen molar-refractivity contribution < 1.29 is 27.6 Å². The average Bonchev–Trinajstić information content (AvgIpc) is 2.95. The Labute approximate surface area is 183 Å². The summed E-state index contributed by atoms with van der Waals surface area (Å²) in [5, 5.41) is 3.04. The summed E-state index contributed by atoms with van der Waals surface area (Å²) >= 11 is 3.36. The lowest BCUT2D eigenvalue weighted by molar-refractivity contribution is -0.136. The van der Waals surface area contributed by atoms with Gasteiger partial charge in [0.25, 0.3) is 11.8 Å². The number of nitrogens with one attached hydrogen (secondary N) is 1. The maximum atomic E-state index is 13.0. The van der Waals surface area contributed by atoms with Gasteiger partial charge in [0.15, 0.2) is 9.84 Å². The summed E-state index contributed by atoms with van der Waals surface area (Å²) in [5.41, 5.74) is -0.199. The Morgan fingerprint density at radius 2 is 1.70 bits per heavy atom. The van der Waals surface area contributed by atoms with E-state index in [2.05, 4.69) is 21.2 Å². The number of benzene rings is 1. The van der Waals surface area contributed by atoms with Crippen LogP contribution in [0.1, 0.15) is 65.7 Å². The molecule has 1 saturated heterocycles. The summed E-state index contributed by atoms with van der Waals surface area (Å²) in [7, 11) is -3.77. The van der Waals surface area contributed by atoms with Crippen LogP contribution in [0.5, 0.6) is 0 Å². The summed E-state index contributed by atoms with van der Waals surface area (Å²) in [6.45, 7) is 0. The van der Waals surface area contributed by atoms with Crippen molar-refractivity contribution in [3.05, 3.63) is 29.3 Å². The van der Waals surface area contributed by atoms with Crippen molar-refractivity contribution in [2.24, 2.45) is 0 Å². The highest BCUT2D eigenvalue weighted by atomic mass is 79.9. The van der Waals surface area contributed by atoms with E-state index in [1.165, 1.54) is 18.2 Å². The molecule has 1 atom stereocenters. The molecule has 0 saturated carbocycles. The first kappa shape index (κ1) is 22.6. The molecule has 3 rings (SSSR count). The Kier molecular flexibility index (Phi) is 7.07. The molecule has 1 aromatic rings. The number of hydrogen-bond acceptors (Lipinski definition) is 6. The monoisotopic (exact) mass is 498 g/mol. The first-order chi connectivity index (χ1) is 14.3. The maximum absolute atomic E-state index is 13.0. The fourth-order valence-electron chi connectivity index (χ4n) is 3.77. The second kappa shape index (κ2) is 9.38. The van der Waals surface area contributed by atoms with Crippen molar-refractivity contribution in [1.82, 2.24) is 10.2 Å². The minimum absolute atomic E-state index is 0.00401. The Balaban J connectivity index is 1.81. The molecule has 4 amide bonds. The molecule has 0 aromatic heterocycles. The molecule has 0 bridgehead atoms. The average molecular weight is 499 g/mol. The fraction of sp³-hybridized carbons (Fsp3) is 0.500. The molecule has 1 fully saturated rings. The van der Waals surface area contributed by atoms with Gasteiger partial charge in [-0.25, -0.2) is 8.42 Å². The maximum Gasteiger partial charge on any atom is 0.263 e. The van der Waals surface area contributed by atoms with Crippen molar-refractivity contribution >= 4 is 49.4 Å². The minimum atomic E-state index is -3.77. The molecule has 2 heterocycles. The van der Waals surface area contributed by atoms with E-state index in [1.54, 1.807) is 0 Å². The lowest BCUT2D eigenvalue weighted by Crippen LogP contribution is -2.54. The van der Waals surface area contributed by atoms with Crippen LogP contribution in [0.15, 0.2) is 23.1 Å².